The van der Waals surface area contributed by atoms with Crippen LogP contribution in [0.4, 0.5) is 0 Å². The minimum atomic E-state index is -1.32. The van der Waals surface area contributed by atoms with E-state index in [-0.39, 0.29) is 74.5 Å². The second kappa shape index (κ2) is 27.4. The van der Waals surface area contributed by atoms with Gasteiger partial charge in [-0.2, -0.15) is 12.6 Å². The van der Waals surface area contributed by atoms with E-state index in [9.17, 15) is 43.5 Å². The predicted octanol–water partition coefficient (Wildman–Crippen LogP) is -0.711. The van der Waals surface area contributed by atoms with E-state index in [1.807, 2.05) is 59.7 Å². The number of thiol groups is 1. The number of amides is 7. The Balaban J connectivity index is 2.39. The summed E-state index contributed by atoms with van der Waals surface area (Å²) in [4.78, 5) is 113. The molecule has 0 saturated carbocycles. The van der Waals surface area contributed by atoms with Gasteiger partial charge in [-0.25, -0.2) is 4.79 Å². The smallest absolute Gasteiger partial charge is 0.326 e. The summed E-state index contributed by atoms with van der Waals surface area (Å²) in [5.41, 5.74) is 18.1. The molecule has 7 atom stereocenters. The summed E-state index contributed by atoms with van der Waals surface area (Å²) < 4.78 is 0. The Labute approximate surface area is 385 Å². The van der Waals surface area contributed by atoms with Crippen LogP contribution in [0.3, 0.4) is 0 Å². The summed E-state index contributed by atoms with van der Waals surface area (Å²) in [6, 6.07) is -0.807. The highest BCUT2D eigenvalue weighted by atomic mass is 32.1. The Hall–Kier alpha value is -5.90. The molecule has 1 heterocycles. The van der Waals surface area contributed by atoms with Crippen LogP contribution in [0.1, 0.15) is 86.1 Å². The maximum Gasteiger partial charge on any atom is 0.326 e. The maximum atomic E-state index is 14.2. The number of aliphatic imine (C=N–C) groups is 1. The summed E-state index contributed by atoms with van der Waals surface area (Å²) in [5, 5.41) is 28.7. The van der Waals surface area contributed by atoms with E-state index in [1.165, 1.54) is 6.92 Å². The highest BCUT2D eigenvalue weighted by molar-refractivity contribution is 7.80. The molecule has 7 amide bonds. The molecule has 65 heavy (non-hydrogen) atoms. The topological polar surface area (TPSA) is 347 Å². The van der Waals surface area contributed by atoms with Crippen molar-refractivity contribution in [2.75, 3.05) is 18.8 Å². The number of hydrogen-bond acceptors (Lipinski definition) is 11. The third-order valence-corrected chi connectivity index (χ3v) is 10.3. The molecule has 1 aromatic carbocycles. The van der Waals surface area contributed by atoms with Gasteiger partial charge < -0.3 is 64.5 Å². The average Bonchev–Trinajstić information content (AvgIpc) is 3.63. The molecule has 0 aliphatic heterocycles. The Morgan fingerprint density at radius 1 is 0.662 bits per heavy atom. The summed E-state index contributed by atoms with van der Waals surface area (Å²) in [5.74, 6) is -6.74. The molecule has 0 radical (unpaired) electrons. The Morgan fingerprint density at radius 3 is 1.71 bits per heavy atom. The molecule has 362 valence electrons. The van der Waals surface area contributed by atoms with Crippen molar-refractivity contribution in [2.45, 2.75) is 129 Å². The van der Waals surface area contributed by atoms with Gasteiger partial charge in [-0.3, -0.25) is 38.6 Å². The monoisotopic (exact) mass is 931 g/mol. The third-order valence-electron chi connectivity index (χ3n) is 9.98. The first-order chi connectivity index (χ1) is 30.5. The van der Waals surface area contributed by atoms with Crippen LogP contribution in [0.25, 0.3) is 10.9 Å². The first-order valence-electron chi connectivity index (χ1n) is 21.8. The zero-order valence-electron chi connectivity index (χ0n) is 38.4. The lowest BCUT2D eigenvalue weighted by Crippen LogP contribution is -2.59. The molecule has 15 N–H and O–H groups in total. The van der Waals surface area contributed by atoms with Gasteiger partial charge in [0.1, 0.15) is 36.3 Å². The van der Waals surface area contributed by atoms with Gasteiger partial charge >= 0.3 is 5.97 Å². The fourth-order valence-electron chi connectivity index (χ4n) is 6.72. The van der Waals surface area contributed by atoms with E-state index >= 15 is 0 Å². The van der Waals surface area contributed by atoms with Gasteiger partial charge in [0.25, 0.3) is 0 Å². The quantitative estimate of drug-likeness (QED) is 0.0218. The standard InChI is InChI=1S/C43H70N12O9S/c1-22(2)15-30(39(60)54-33(42(63)64)17-24(5)6)50-35(56)20-49-37(58)32(18-26-19-48-28-12-9-8-11-27(26)28)53-38(59)29(13-10-14-47-43(45)46)51-41(62)34(21-65)55-40(61)31(16-23(3)4)52-36(57)25(7)44/h8-9,11-12,19,22-25,29-34,48,65H,10,13-18,20-21,44H2,1-7H3,(H,49,58)(H,50,56)(H,51,62)(H,52,57)(H,53,59)(H,54,60)(H,55,61)(H,63,64)(H4,45,46,47)/t25-,29-,30-,31-,32-,33-,34-/m0/s1. The number of fused-ring (bicyclic) bond motifs is 1. The van der Waals surface area contributed by atoms with Crippen LogP contribution in [0, 0.1) is 17.8 Å². The molecule has 0 saturated heterocycles. The van der Waals surface area contributed by atoms with E-state index < -0.39 is 96.2 Å². The molecule has 0 fully saturated rings. The zero-order valence-corrected chi connectivity index (χ0v) is 39.3. The second-order valence-corrected chi connectivity index (χ2v) is 17.7. The number of nitrogens with two attached hydrogens (primary N) is 3. The van der Waals surface area contributed by atoms with Crippen LogP contribution in [0.5, 0.6) is 0 Å². The van der Waals surface area contributed by atoms with E-state index in [0.717, 1.165) is 10.9 Å². The van der Waals surface area contributed by atoms with E-state index in [2.05, 4.69) is 59.8 Å². The molecule has 2 rings (SSSR count). The molecule has 2 aromatic rings. The maximum absolute atomic E-state index is 14.2. The van der Waals surface area contributed by atoms with Crippen molar-refractivity contribution in [3.63, 3.8) is 0 Å². The van der Waals surface area contributed by atoms with E-state index in [1.54, 1.807) is 12.3 Å². The molecule has 0 aliphatic carbocycles. The van der Waals surface area contributed by atoms with Crippen molar-refractivity contribution in [3.8, 4) is 0 Å². The SMILES string of the molecule is CC(C)C[C@H](NC(=O)[C@H](CC(C)C)NC(=O)CNC(=O)[C@H](Cc1c[nH]c2ccccc12)NC(=O)[C@H](CCCN=C(N)N)NC(=O)[C@H](CS)NC(=O)[C@H](CC(C)C)NC(=O)[C@H](C)N)C(=O)O. The Morgan fingerprint density at radius 2 is 1.15 bits per heavy atom. The zero-order chi connectivity index (χ0) is 49.0. The van der Waals surface area contributed by atoms with Crippen LogP contribution >= 0.6 is 12.6 Å². The van der Waals surface area contributed by atoms with Crippen molar-refractivity contribution in [2.24, 2.45) is 39.9 Å². The van der Waals surface area contributed by atoms with Crippen LogP contribution in [-0.4, -0.2) is 125 Å². The number of aromatic amines is 1. The van der Waals surface area contributed by atoms with E-state index in [0.29, 0.717) is 5.56 Å². The summed E-state index contributed by atoms with van der Waals surface area (Å²) in [6.07, 6.45) is 2.37. The van der Waals surface area contributed by atoms with Crippen LogP contribution in [-0.2, 0) is 44.8 Å². The number of carboxylic acid groups (broad SMARTS) is 1. The number of nitrogens with zero attached hydrogens (tertiary/aromatic N) is 1. The van der Waals surface area contributed by atoms with Gasteiger partial charge in [0, 0.05) is 35.8 Å². The van der Waals surface area contributed by atoms with Crippen LogP contribution in [0.15, 0.2) is 35.5 Å². The number of benzene rings is 1. The Kier molecular flexibility index (Phi) is 23.3. The van der Waals surface area contributed by atoms with Gasteiger partial charge in [0.2, 0.25) is 41.4 Å². The molecular weight excluding hydrogens is 861 g/mol. The van der Waals surface area contributed by atoms with Gasteiger partial charge in [-0.05, 0) is 68.4 Å². The number of carbonyl (C=O) groups is 8. The summed E-state index contributed by atoms with van der Waals surface area (Å²) in [7, 11) is 0. The van der Waals surface area contributed by atoms with Crippen molar-refractivity contribution < 1.29 is 43.5 Å². The summed E-state index contributed by atoms with van der Waals surface area (Å²) in [6.45, 7) is 11.9. The number of rotatable bonds is 28. The molecular formula is C43H70N12O9S. The number of carbonyl (C=O) groups excluding carboxylic acids is 7. The third kappa shape index (κ3) is 19.8. The number of aromatic nitrogens is 1. The fraction of sp³-hybridized carbons (Fsp3) is 0.605. The molecule has 22 heteroatoms. The molecule has 0 aliphatic rings. The van der Waals surface area contributed by atoms with Gasteiger partial charge in [-0.15, -0.1) is 0 Å². The molecule has 1 aromatic heterocycles. The normalized spacial score (nSPS) is 14.5. The molecule has 0 unspecified atom stereocenters. The number of hydrogen-bond donors (Lipinski definition) is 13. The van der Waals surface area contributed by atoms with Gasteiger partial charge in [0.15, 0.2) is 5.96 Å². The number of para-hydroxylation sites is 1. The lowest BCUT2D eigenvalue weighted by atomic mass is 10.0. The predicted molar refractivity (Wildman–Crippen MR) is 250 cm³/mol. The lowest BCUT2D eigenvalue weighted by Gasteiger charge is -2.26. The van der Waals surface area contributed by atoms with Crippen molar-refractivity contribution in [3.05, 3.63) is 36.0 Å². The first kappa shape index (κ1) is 55.2. The Bertz CT molecular complexity index is 1970. The number of guanidine groups is 1. The minimum Gasteiger partial charge on any atom is -0.480 e. The number of aliphatic carboxylic acids is 1. The number of nitrogens with one attached hydrogen (secondary N) is 8. The first-order valence-corrected chi connectivity index (χ1v) is 22.4. The van der Waals surface area contributed by atoms with Crippen molar-refractivity contribution >= 4 is 76.8 Å². The largest absolute Gasteiger partial charge is 0.480 e. The molecule has 0 spiro atoms. The van der Waals surface area contributed by atoms with Gasteiger partial charge in [-0.1, -0.05) is 59.7 Å². The highest BCUT2D eigenvalue weighted by Gasteiger charge is 2.33. The summed E-state index contributed by atoms with van der Waals surface area (Å²) >= 11 is 4.27. The molecule has 0 bridgehead atoms. The second-order valence-electron chi connectivity index (χ2n) is 17.4. The number of H-pyrrole nitrogens is 1. The highest BCUT2D eigenvalue weighted by Crippen LogP contribution is 2.20. The molecule has 21 nitrogen and oxygen atoms in total. The number of carboxylic acids is 1. The van der Waals surface area contributed by atoms with Crippen molar-refractivity contribution in [1.82, 2.24) is 42.2 Å². The minimum absolute atomic E-state index is 0.0224. The van der Waals surface area contributed by atoms with Crippen LogP contribution < -0.4 is 54.4 Å². The average molecular weight is 931 g/mol. The van der Waals surface area contributed by atoms with Gasteiger partial charge in [0.05, 0.1) is 12.6 Å². The van der Waals surface area contributed by atoms with E-state index in [4.69, 9.17) is 17.2 Å². The van der Waals surface area contributed by atoms with Crippen LogP contribution in [0.2, 0.25) is 0 Å². The van der Waals surface area contributed by atoms with Crippen molar-refractivity contribution in [1.29, 1.82) is 0 Å². The fourth-order valence-corrected chi connectivity index (χ4v) is 6.98. The lowest BCUT2D eigenvalue weighted by molar-refractivity contribution is -0.142.